The maximum Gasteiger partial charge on any atom is 0.264 e. The highest BCUT2D eigenvalue weighted by atomic mass is 35.5. The van der Waals surface area contributed by atoms with E-state index in [1.165, 1.54) is 0 Å². The molecule has 7 heteroatoms. The number of halogens is 1. The highest BCUT2D eigenvalue weighted by molar-refractivity contribution is 7.92. The predicted molar refractivity (Wildman–Crippen MR) is 114 cm³/mol. The van der Waals surface area contributed by atoms with E-state index in [1.807, 2.05) is 27.7 Å². The maximum atomic E-state index is 13.3. The fourth-order valence-electron chi connectivity index (χ4n) is 2.63. The topological polar surface area (TPSA) is 66.5 Å². The molecule has 28 heavy (non-hydrogen) atoms. The van der Waals surface area contributed by atoms with E-state index in [2.05, 4.69) is 5.32 Å². The lowest BCUT2D eigenvalue weighted by Gasteiger charge is -2.27. The van der Waals surface area contributed by atoms with E-state index in [-0.39, 0.29) is 29.3 Å². The molecule has 0 unspecified atom stereocenters. The Morgan fingerprint density at radius 2 is 1.68 bits per heavy atom. The van der Waals surface area contributed by atoms with Gasteiger partial charge in [-0.3, -0.25) is 9.10 Å². The Balaban J connectivity index is 2.46. The molecule has 2 aromatic carbocycles. The Hall–Kier alpha value is -2.05. The number of rotatable bonds is 7. The van der Waals surface area contributed by atoms with Gasteiger partial charge >= 0.3 is 0 Å². The van der Waals surface area contributed by atoms with Crippen LogP contribution in [-0.4, -0.2) is 26.9 Å². The first-order chi connectivity index (χ1) is 13.0. The molecule has 0 radical (unpaired) electrons. The number of carbonyl (C=O) groups is 1. The molecule has 1 N–H and O–H groups in total. The molecule has 2 aromatic rings. The third-order valence-electron chi connectivity index (χ3n) is 4.71. The lowest BCUT2D eigenvalue weighted by molar-refractivity contribution is -0.120. The fourth-order valence-corrected chi connectivity index (χ4v) is 4.34. The van der Waals surface area contributed by atoms with Crippen molar-refractivity contribution in [3.05, 3.63) is 58.6 Å². The molecule has 1 atom stereocenters. The van der Waals surface area contributed by atoms with Gasteiger partial charge in [-0.15, -0.1) is 0 Å². The monoisotopic (exact) mass is 422 g/mol. The lowest BCUT2D eigenvalue weighted by atomic mass is 10.1. The molecule has 0 heterocycles. The van der Waals surface area contributed by atoms with Crippen molar-refractivity contribution >= 4 is 33.2 Å². The molecule has 5 nitrogen and oxygen atoms in total. The number of anilines is 1. The average molecular weight is 423 g/mol. The van der Waals surface area contributed by atoms with Crippen LogP contribution in [-0.2, 0) is 14.8 Å². The molecule has 2 rings (SSSR count). The molecule has 0 saturated heterocycles. The van der Waals surface area contributed by atoms with Crippen LogP contribution in [0.1, 0.15) is 31.9 Å². The maximum absolute atomic E-state index is 13.3. The van der Waals surface area contributed by atoms with Gasteiger partial charge in [0.2, 0.25) is 5.91 Å². The zero-order chi connectivity index (χ0) is 21.1. The molecule has 0 spiro atoms. The van der Waals surface area contributed by atoms with Crippen LogP contribution in [0, 0.1) is 19.8 Å². The van der Waals surface area contributed by atoms with Crippen LogP contribution in [0.25, 0.3) is 0 Å². The van der Waals surface area contributed by atoms with Crippen molar-refractivity contribution in [3.8, 4) is 0 Å². The van der Waals surface area contributed by atoms with Gasteiger partial charge in [0.05, 0.1) is 10.6 Å². The number of benzene rings is 2. The molecule has 0 bridgehead atoms. The molecular weight excluding hydrogens is 396 g/mol. The van der Waals surface area contributed by atoms with E-state index >= 15 is 0 Å². The molecule has 0 aliphatic rings. The summed E-state index contributed by atoms with van der Waals surface area (Å²) in [7, 11) is -3.93. The highest BCUT2D eigenvalue weighted by Crippen LogP contribution is 2.29. The van der Waals surface area contributed by atoms with Crippen LogP contribution in [0.4, 0.5) is 5.69 Å². The minimum atomic E-state index is -3.93. The Bertz CT molecular complexity index is 941. The quantitative estimate of drug-likeness (QED) is 0.722. The minimum Gasteiger partial charge on any atom is -0.352 e. The summed E-state index contributed by atoms with van der Waals surface area (Å²) in [5.74, 6) is -0.116. The summed E-state index contributed by atoms with van der Waals surface area (Å²) in [5.41, 5.74) is 2.06. The van der Waals surface area contributed by atoms with E-state index in [4.69, 9.17) is 11.6 Å². The van der Waals surface area contributed by atoms with Crippen LogP contribution in [0.15, 0.2) is 47.4 Å². The lowest BCUT2D eigenvalue weighted by Crippen LogP contribution is -2.45. The number of aryl methyl sites for hydroxylation is 2. The highest BCUT2D eigenvalue weighted by Gasteiger charge is 2.28. The average Bonchev–Trinajstić information content (AvgIpc) is 2.60. The van der Waals surface area contributed by atoms with Crippen molar-refractivity contribution in [2.75, 3.05) is 10.8 Å². The van der Waals surface area contributed by atoms with Crippen LogP contribution < -0.4 is 9.62 Å². The first-order valence-electron chi connectivity index (χ1n) is 9.17. The van der Waals surface area contributed by atoms with Crippen molar-refractivity contribution in [1.29, 1.82) is 0 Å². The number of hydrogen-bond donors (Lipinski definition) is 1. The van der Waals surface area contributed by atoms with Crippen molar-refractivity contribution in [1.82, 2.24) is 5.32 Å². The molecule has 0 saturated carbocycles. The van der Waals surface area contributed by atoms with Crippen molar-refractivity contribution in [2.45, 2.75) is 45.6 Å². The van der Waals surface area contributed by atoms with Gasteiger partial charge in [-0.25, -0.2) is 8.42 Å². The second-order valence-electron chi connectivity index (χ2n) is 7.36. The first-order valence-corrected chi connectivity index (χ1v) is 11.0. The molecule has 1 amide bonds. The Morgan fingerprint density at radius 3 is 2.21 bits per heavy atom. The predicted octanol–water partition coefficient (Wildman–Crippen LogP) is 4.31. The Morgan fingerprint density at radius 1 is 1.07 bits per heavy atom. The summed E-state index contributed by atoms with van der Waals surface area (Å²) < 4.78 is 27.8. The zero-order valence-electron chi connectivity index (χ0n) is 16.9. The van der Waals surface area contributed by atoms with Gasteiger partial charge in [0.1, 0.15) is 6.54 Å². The summed E-state index contributed by atoms with van der Waals surface area (Å²) in [6.45, 7) is 9.24. The van der Waals surface area contributed by atoms with E-state index in [0.717, 1.165) is 9.87 Å². The number of nitrogens with zero attached hydrogens (tertiary/aromatic N) is 1. The van der Waals surface area contributed by atoms with Gasteiger partial charge < -0.3 is 5.32 Å². The summed E-state index contributed by atoms with van der Waals surface area (Å²) >= 11 is 6.03. The van der Waals surface area contributed by atoms with Crippen LogP contribution in [0.3, 0.4) is 0 Å². The second-order valence-corrected chi connectivity index (χ2v) is 9.65. The Kier molecular flexibility index (Phi) is 7.12. The van der Waals surface area contributed by atoms with Gasteiger partial charge in [-0.1, -0.05) is 43.1 Å². The van der Waals surface area contributed by atoms with Gasteiger partial charge in [0, 0.05) is 11.1 Å². The number of hydrogen-bond acceptors (Lipinski definition) is 3. The normalized spacial score (nSPS) is 12.7. The summed E-state index contributed by atoms with van der Waals surface area (Å²) in [5, 5.41) is 3.38. The standard InChI is InChI=1S/C21H27ClN2O3S/c1-14(2)17(5)23-21(25)13-24(20-11-8-18(22)12-16(20)4)28(26,27)19-9-6-15(3)7-10-19/h6-12,14,17H,13H2,1-5H3,(H,23,25)/t17-/m1/s1. The van der Waals surface area contributed by atoms with Crippen LogP contribution in [0.2, 0.25) is 5.02 Å². The molecule has 0 fully saturated rings. The third kappa shape index (κ3) is 5.26. The molecule has 0 aliphatic carbocycles. The smallest absolute Gasteiger partial charge is 0.264 e. The SMILES string of the molecule is Cc1ccc(S(=O)(=O)N(CC(=O)N[C@H](C)C(C)C)c2ccc(Cl)cc2C)cc1. The zero-order valence-corrected chi connectivity index (χ0v) is 18.4. The second kappa shape index (κ2) is 8.97. The summed E-state index contributed by atoms with van der Waals surface area (Å²) in [6.07, 6.45) is 0. The van der Waals surface area contributed by atoms with Crippen LogP contribution in [0.5, 0.6) is 0 Å². The van der Waals surface area contributed by atoms with Crippen molar-refractivity contribution < 1.29 is 13.2 Å². The van der Waals surface area contributed by atoms with Gasteiger partial charge in [-0.2, -0.15) is 0 Å². The van der Waals surface area contributed by atoms with E-state index in [1.54, 1.807) is 49.4 Å². The van der Waals surface area contributed by atoms with Gasteiger partial charge in [0.25, 0.3) is 10.0 Å². The van der Waals surface area contributed by atoms with E-state index < -0.39 is 10.0 Å². The van der Waals surface area contributed by atoms with Crippen molar-refractivity contribution in [2.24, 2.45) is 5.92 Å². The number of sulfonamides is 1. The van der Waals surface area contributed by atoms with Crippen LogP contribution >= 0.6 is 11.6 Å². The minimum absolute atomic E-state index is 0.0669. The first kappa shape index (κ1) is 22.2. The number of carbonyl (C=O) groups excluding carboxylic acids is 1. The molecule has 152 valence electrons. The summed E-state index contributed by atoms with van der Waals surface area (Å²) in [6, 6.07) is 11.4. The number of nitrogens with one attached hydrogen (secondary N) is 1. The number of amides is 1. The Labute approximate surface area is 172 Å². The molecule has 0 aliphatic heterocycles. The fraction of sp³-hybridized carbons (Fsp3) is 0.381. The van der Waals surface area contributed by atoms with Gasteiger partial charge in [0.15, 0.2) is 0 Å². The third-order valence-corrected chi connectivity index (χ3v) is 6.72. The molecular formula is C21H27ClN2O3S. The largest absolute Gasteiger partial charge is 0.352 e. The van der Waals surface area contributed by atoms with E-state index in [0.29, 0.717) is 16.3 Å². The summed E-state index contributed by atoms with van der Waals surface area (Å²) in [4.78, 5) is 12.7. The molecule has 0 aromatic heterocycles. The van der Waals surface area contributed by atoms with E-state index in [9.17, 15) is 13.2 Å². The van der Waals surface area contributed by atoms with Crippen molar-refractivity contribution in [3.63, 3.8) is 0 Å². The van der Waals surface area contributed by atoms with Gasteiger partial charge in [-0.05, 0) is 62.6 Å².